The van der Waals surface area contributed by atoms with Crippen LogP contribution in [0.5, 0.6) is 11.5 Å². The number of aryl methyl sites for hydroxylation is 1. The van der Waals surface area contributed by atoms with Crippen molar-refractivity contribution in [3.8, 4) is 22.8 Å². The summed E-state index contributed by atoms with van der Waals surface area (Å²) in [6.45, 7) is 1.98. The Morgan fingerprint density at radius 1 is 1.03 bits per heavy atom. The lowest BCUT2D eigenvalue weighted by Crippen LogP contribution is -2.17. The van der Waals surface area contributed by atoms with E-state index in [0.717, 1.165) is 11.2 Å². The van der Waals surface area contributed by atoms with E-state index in [4.69, 9.17) is 15.2 Å². The molecule has 0 saturated heterocycles. The third kappa shape index (κ3) is 4.33. The van der Waals surface area contributed by atoms with Gasteiger partial charge in [0.25, 0.3) is 15.9 Å². The average molecular weight is 467 g/mol. The lowest BCUT2D eigenvalue weighted by molar-refractivity contribution is 0.0997. The molecule has 0 fully saturated rings. The van der Waals surface area contributed by atoms with Crippen LogP contribution in [0.15, 0.2) is 65.8 Å². The summed E-state index contributed by atoms with van der Waals surface area (Å²) in [6.07, 6.45) is 3.77. The van der Waals surface area contributed by atoms with Crippen LogP contribution in [-0.2, 0) is 10.0 Å². The number of carbonyl (C=O) groups is 1. The number of hydrogen-bond acceptors (Lipinski definition) is 6. The third-order valence-corrected chi connectivity index (χ3v) is 6.47. The molecule has 0 aliphatic heterocycles. The first kappa shape index (κ1) is 22.2. The standard InChI is InChI=1S/C23H22N4O5S/c1-14-8-9-27-13-19(25-22(27)10-14)15-4-6-21(32-3)18(11-15)26-33(29,30)16-5-7-20(31-2)17(12-16)23(24)28/h4-13,26H,1-3H3,(H2,24,28). The fourth-order valence-electron chi connectivity index (χ4n) is 3.42. The molecule has 0 spiro atoms. The largest absolute Gasteiger partial charge is 0.496 e. The fourth-order valence-corrected chi connectivity index (χ4v) is 4.51. The minimum atomic E-state index is -4.08. The molecule has 0 radical (unpaired) electrons. The zero-order chi connectivity index (χ0) is 23.8. The van der Waals surface area contributed by atoms with Crippen LogP contribution < -0.4 is 19.9 Å². The zero-order valence-electron chi connectivity index (χ0n) is 18.2. The van der Waals surface area contributed by atoms with Gasteiger partial charge in [0.15, 0.2) is 0 Å². The summed E-state index contributed by atoms with van der Waals surface area (Å²) in [5.74, 6) is -0.292. The van der Waals surface area contributed by atoms with Gasteiger partial charge in [0.05, 0.1) is 36.1 Å². The number of ether oxygens (including phenoxy) is 2. The molecule has 2 aromatic heterocycles. The molecule has 33 heavy (non-hydrogen) atoms. The summed E-state index contributed by atoms with van der Waals surface area (Å²) in [7, 11) is -1.27. The number of aromatic nitrogens is 2. The van der Waals surface area contributed by atoms with E-state index in [9.17, 15) is 13.2 Å². The van der Waals surface area contributed by atoms with E-state index in [1.807, 2.05) is 35.9 Å². The molecule has 4 rings (SSSR count). The number of pyridine rings is 1. The molecule has 0 atom stereocenters. The molecular weight excluding hydrogens is 444 g/mol. The van der Waals surface area contributed by atoms with Crippen molar-refractivity contribution in [3.05, 3.63) is 72.1 Å². The highest BCUT2D eigenvalue weighted by Crippen LogP contribution is 2.33. The molecule has 9 nitrogen and oxygen atoms in total. The third-order valence-electron chi connectivity index (χ3n) is 5.10. The minimum Gasteiger partial charge on any atom is -0.496 e. The number of nitrogens with one attached hydrogen (secondary N) is 1. The number of rotatable bonds is 7. The van der Waals surface area contributed by atoms with Crippen molar-refractivity contribution in [1.29, 1.82) is 0 Å². The molecule has 0 unspecified atom stereocenters. The van der Waals surface area contributed by atoms with Gasteiger partial charge in [0.2, 0.25) is 0 Å². The Hall–Kier alpha value is -4.05. The van der Waals surface area contributed by atoms with E-state index in [1.165, 1.54) is 32.4 Å². The number of sulfonamides is 1. The Labute approximate surface area is 190 Å². The molecule has 0 aliphatic rings. The zero-order valence-corrected chi connectivity index (χ0v) is 19.0. The lowest BCUT2D eigenvalue weighted by atomic mass is 10.1. The second-order valence-electron chi connectivity index (χ2n) is 7.34. The van der Waals surface area contributed by atoms with Crippen LogP contribution in [0.4, 0.5) is 5.69 Å². The number of imidazole rings is 1. The van der Waals surface area contributed by atoms with Crippen molar-refractivity contribution in [1.82, 2.24) is 9.38 Å². The molecule has 1 amide bonds. The molecular formula is C23H22N4O5S. The number of nitrogens with two attached hydrogens (primary N) is 1. The summed E-state index contributed by atoms with van der Waals surface area (Å²) in [4.78, 5) is 16.2. The Bertz CT molecular complexity index is 1480. The van der Waals surface area contributed by atoms with E-state index in [0.29, 0.717) is 17.0 Å². The van der Waals surface area contributed by atoms with Gasteiger partial charge in [0, 0.05) is 18.0 Å². The van der Waals surface area contributed by atoms with E-state index in [1.54, 1.807) is 18.2 Å². The summed E-state index contributed by atoms with van der Waals surface area (Å²) in [5.41, 5.74) is 8.77. The second-order valence-corrected chi connectivity index (χ2v) is 9.03. The van der Waals surface area contributed by atoms with Gasteiger partial charge < -0.3 is 19.6 Å². The van der Waals surface area contributed by atoms with Gasteiger partial charge in [0.1, 0.15) is 17.1 Å². The highest BCUT2D eigenvalue weighted by Gasteiger charge is 2.21. The molecule has 3 N–H and O–H groups in total. The Morgan fingerprint density at radius 3 is 2.45 bits per heavy atom. The number of carbonyl (C=O) groups excluding carboxylic acids is 1. The number of methoxy groups -OCH3 is 2. The molecule has 10 heteroatoms. The second kappa shape index (κ2) is 8.47. The molecule has 0 aliphatic carbocycles. The van der Waals surface area contributed by atoms with Gasteiger partial charge >= 0.3 is 0 Å². The SMILES string of the molecule is COc1ccc(-c2cn3ccc(C)cc3n2)cc1NS(=O)(=O)c1ccc(OC)c(C(N)=O)c1. The normalized spacial score (nSPS) is 11.4. The van der Waals surface area contributed by atoms with E-state index < -0.39 is 15.9 Å². The molecule has 4 aromatic rings. The molecule has 2 aromatic carbocycles. The Balaban J connectivity index is 1.74. The monoisotopic (exact) mass is 466 g/mol. The Kier molecular flexibility index (Phi) is 5.69. The Morgan fingerprint density at radius 2 is 1.76 bits per heavy atom. The quantitative estimate of drug-likeness (QED) is 0.431. The predicted molar refractivity (Wildman–Crippen MR) is 124 cm³/mol. The van der Waals surface area contributed by atoms with E-state index >= 15 is 0 Å². The number of benzene rings is 2. The average Bonchev–Trinajstić information content (AvgIpc) is 3.21. The number of amides is 1. The van der Waals surface area contributed by atoms with Crippen LogP contribution >= 0.6 is 0 Å². The van der Waals surface area contributed by atoms with Crippen LogP contribution in [0.3, 0.4) is 0 Å². The number of anilines is 1. The van der Waals surface area contributed by atoms with Gasteiger partial charge in [-0.25, -0.2) is 13.4 Å². The fraction of sp³-hybridized carbons (Fsp3) is 0.130. The first-order valence-corrected chi connectivity index (χ1v) is 11.3. The maximum absolute atomic E-state index is 13.1. The van der Waals surface area contributed by atoms with Crippen LogP contribution in [0, 0.1) is 6.92 Å². The van der Waals surface area contributed by atoms with Crippen molar-refractivity contribution in [3.63, 3.8) is 0 Å². The number of fused-ring (bicyclic) bond motifs is 1. The molecule has 0 saturated carbocycles. The molecule has 2 heterocycles. The van der Waals surface area contributed by atoms with Gasteiger partial charge in [-0.05, 0) is 61.0 Å². The van der Waals surface area contributed by atoms with Crippen LogP contribution in [0.1, 0.15) is 15.9 Å². The summed E-state index contributed by atoms with van der Waals surface area (Å²) < 4.78 is 41.0. The van der Waals surface area contributed by atoms with Gasteiger partial charge in [-0.2, -0.15) is 0 Å². The number of primary amides is 1. The van der Waals surface area contributed by atoms with Gasteiger partial charge in [-0.15, -0.1) is 0 Å². The van der Waals surface area contributed by atoms with Crippen LogP contribution in [-0.4, -0.2) is 37.9 Å². The first-order chi connectivity index (χ1) is 15.7. The maximum atomic E-state index is 13.1. The van der Waals surface area contributed by atoms with Crippen LogP contribution in [0.25, 0.3) is 16.9 Å². The maximum Gasteiger partial charge on any atom is 0.262 e. The highest BCUT2D eigenvalue weighted by molar-refractivity contribution is 7.92. The van der Waals surface area contributed by atoms with Crippen molar-refractivity contribution in [2.24, 2.45) is 5.73 Å². The summed E-state index contributed by atoms with van der Waals surface area (Å²) in [5, 5.41) is 0. The summed E-state index contributed by atoms with van der Waals surface area (Å²) in [6, 6.07) is 12.9. The highest BCUT2D eigenvalue weighted by atomic mass is 32.2. The predicted octanol–water partition coefficient (Wildman–Crippen LogP) is 3.23. The minimum absolute atomic E-state index is 0.0407. The van der Waals surface area contributed by atoms with Crippen molar-refractivity contribution >= 4 is 27.3 Å². The van der Waals surface area contributed by atoms with Crippen molar-refractivity contribution < 1.29 is 22.7 Å². The molecule has 0 bridgehead atoms. The molecule has 170 valence electrons. The van der Waals surface area contributed by atoms with E-state index in [2.05, 4.69) is 9.71 Å². The van der Waals surface area contributed by atoms with Gasteiger partial charge in [-0.3, -0.25) is 9.52 Å². The van der Waals surface area contributed by atoms with Crippen molar-refractivity contribution in [2.75, 3.05) is 18.9 Å². The van der Waals surface area contributed by atoms with Crippen LogP contribution in [0.2, 0.25) is 0 Å². The topological polar surface area (TPSA) is 125 Å². The lowest BCUT2D eigenvalue weighted by Gasteiger charge is -2.14. The smallest absolute Gasteiger partial charge is 0.262 e. The van der Waals surface area contributed by atoms with Gasteiger partial charge in [-0.1, -0.05) is 0 Å². The van der Waals surface area contributed by atoms with E-state index in [-0.39, 0.29) is 21.9 Å². The number of hydrogen-bond donors (Lipinski definition) is 2. The number of nitrogens with zero attached hydrogens (tertiary/aromatic N) is 2. The summed E-state index contributed by atoms with van der Waals surface area (Å²) >= 11 is 0. The first-order valence-electron chi connectivity index (χ1n) is 9.86. The van der Waals surface area contributed by atoms with Crippen molar-refractivity contribution in [2.45, 2.75) is 11.8 Å².